The molecule has 3 heterocycles. The second-order valence-corrected chi connectivity index (χ2v) is 6.77. The molecule has 0 spiro atoms. The van der Waals surface area contributed by atoms with E-state index in [9.17, 15) is 5.11 Å². The zero-order valence-electron chi connectivity index (χ0n) is 13.5. The van der Waals surface area contributed by atoms with Crippen LogP contribution in [0, 0.1) is 0 Å². The van der Waals surface area contributed by atoms with Gasteiger partial charge in [0, 0.05) is 24.8 Å². The number of piperidine rings is 1. The highest BCUT2D eigenvalue weighted by atomic mass is 32.2. The molecule has 124 valence electrons. The number of thioether (sulfide) groups is 1. The largest absolute Gasteiger partial charge is 0.391 e. The molecule has 2 atom stereocenters. The first-order valence-corrected chi connectivity index (χ1v) is 9.26. The number of hydrogen-bond acceptors (Lipinski definition) is 7. The maximum Gasteiger partial charge on any atom is 0.240 e. The number of aliphatic hydroxyl groups is 1. The molecule has 0 bridgehead atoms. The summed E-state index contributed by atoms with van der Waals surface area (Å²) in [5.41, 5.74) is 0.890. The topological polar surface area (TPSA) is 75.3 Å². The van der Waals surface area contributed by atoms with Crippen LogP contribution in [0.5, 0.6) is 0 Å². The summed E-state index contributed by atoms with van der Waals surface area (Å²) in [5.74, 6) is 2.11. The summed E-state index contributed by atoms with van der Waals surface area (Å²) in [7, 11) is 0. The summed E-state index contributed by atoms with van der Waals surface area (Å²) in [6.45, 7) is 3.64. The first-order valence-electron chi connectivity index (χ1n) is 7.97. The minimum atomic E-state index is -0.280. The van der Waals surface area contributed by atoms with E-state index in [0.29, 0.717) is 18.3 Å². The van der Waals surface area contributed by atoms with Gasteiger partial charge in [-0.05, 0) is 37.7 Å². The molecule has 2 aromatic rings. The Morgan fingerprint density at radius 2 is 2.39 bits per heavy atom. The van der Waals surface area contributed by atoms with Crippen molar-refractivity contribution in [3.05, 3.63) is 24.2 Å². The van der Waals surface area contributed by atoms with Crippen molar-refractivity contribution in [2.24, 2.45) is 0 Å². The summed E-state index contributed by atoms with van der Waals surface area (Å²) in [5, 5.41) is 14.2. The third-order valence-electron chi connectivity index (χ3n) is 4.10. The number of anilines is 1. The van der Waals surface area contributed by atoms with Gasteiger partial charge in [-0.2, -0.15) is 16.7 Å². The van der Waals surface area contributed by atoms with Crippen LogP contribution in [0.1, 0.15) is 37.3 Å². The van der Waals surface area contributed by atoms with Crippen molar-refractivity contribution in [3.8, 4) is 11.4 Å². The molecule has 1 aliphatic rings. The van der Waals surface area contributed by atoms with Crippen LogP contribution in [0.4, 0.5) is 5.82 Å². The Morgan fingerprint density at radius 3 is 3.13 bits per heavy atom. The van der Waals surface area contributed by atoms with E-state index >= 15 is 0 Å². The smallest absolute Gasteiger partial charge is 0.240 e. The van der Waals surface area contributed by atoms with Gasteiger partial charge < -0.3 is 14.5 Å². The minimum absolute atomic E-state index is 0.231. The van der Waals surface area contributed by atoms with E-state index in [1.165, 1.54) is 0 Å². The lowest BCUT2D eigenvalue weighted by molar-refractivity contribution is 0.154. The zero-order chi connectivity index (χ0) is 16.2. The second kappa shape index (κ2) is 7.31. The van der Waals surface area contributed by atoms with Crippen LogP contribution < -0.4 is 4.90 Å². The Kier molecular flexibility index (Phi) is 5.17. The molecule has 1 fully saturated rings. The molecule has 1 N–H and O–H groups in total. The van der Waals surface area contributed by atoms with Crippen LogP contribution in [0.25, 0.3) is 11.4 Å². The molecule has 0 aromatic carbocycles. The van der Waals surface area contributed by atoms with Crippen LogP contribution in [0.3, 0.4) is 0 Å². The molecule has 6 nitrogen and oxygen atoms in total. The highest BCUT2D eigenvalue weighted by Gasteiger charge is 2.20. The Bertz CT molecular complexity index is 645. The Morgan fingerprint density at radius 1 is 1.52 bits per heavy atom. The van der Waals surface area contributed by atoms with Gasteiger partial charge in [0.2, 0.25) is 11.7 Å². The molecule has 2 aromatic heterocycles. The molecule has 0 saturated carbocycles. The summed E-state index contributed by atoms with van der Waals surface area (Å²) >= 11 is 1.71. The van der Waals surface area contributed by atoms with Gasteiger partial charge in [-0.1, -0.05) is 12.1 Å². The SMILES string of the molecule is CCC(SC)c1nc(-c2ccnc(N3CCCC(O)C3)c2)no1. The maximum atomic E-state index is 9.83. The first kappa shape index (κ1) is 16.3. The lowest BCUT2D eigenvalue weighted by Gasteiger charge is -2.31. The van der Waals surface area contributed by atoms with Crippen LogP contribution >= 0.6 is 11.8 Å². The van der Waals surface area contributed by atoms with Gasteiger partial charge in [0.15, 0.2) is 0 Å². The van der Waals surface area contributed by atoms with Crippen molar-refractivity contribution in [2.45, 2.75) is 37.5 Å². The number of pyridine rings is 1. The van der Waals surface area contributed by atoms with Gasteiger partial charge in [0.25, 0.3) is 0 Å². The molecule has 1 aliphatic heterocycles. The van der Waals surface area contributed by atoms with Gasteiger partial charge in [-0.15, -0.1) is 0 Å². The monoisotopic (exact) mass is 334 g/mol. The van der Waals surface area contributed by atoms with Crippen molar-refractivity contribution < 1.29 is 9.63 Å². The molecule has 0 amide bonds. The number of β-amino-alcohol motifs (C(OH)–C–C–N with tert-alkyl or cyclic N) is 1. The minimum Gasteiger partial charge on any atom is -0.391 e. The van der Waals surface area contributed by atoms with E-state index in [1.54, 1.807) is 18.0 Å². The zero-order valence-corrected chi connectivity index (χ0v) is 14.3. The number of nitrogens with zero attached hydrogens (tertiary/aromatic N) is 4. The van der Waals surface area contributed by atoms with Crippen molar-refractivity contribution in [3.63, 3.8) is 0 Å². The lowest BCUT2D eigenvalue weighted by atomic mass is 10.1. The van der Waals surface area contributed by atoms with E-state index in [4.69, 9.17) is 4.52 Å². The third kappa shape index (κ3) is 3.67. The number of aromatic nitrogens is 3. The molecule has 3 rings (SSSR count). The fraction of sp³-hybridized carbons (Fsp3) is 0.562. The molecule has 0 radical (unpaired) electrons. The average Bonchev–Trinajstić information content (AvgIpc) is 3.06. The maximum absolute atomic E-state index is 9.83. The number of aliphatic hydroxyl groups excluding tert-OH is 1. The summed E-state index contributed by atoms with van der Waals surface area (Å²) in [6, 6.07) is 3.85. The standard InChI is InChI=1S/C16H22N4O2S/c1-3-13(23-2)16-18-15(19-22-16)11-6-7-17-14(9-11)20-8-4-5-12(21)10-20/h6-7,9,12-13,21H,3-5,8,10H2,1-2H3. The van der Waals surface area contributed by atoms with Gasteiger partial charge >= 0.3 is 0 Å². The van der Waals surface area contributed by atoms with E-state index in [1.807, 2.05) is 18.4 Å². The molecule has 7 heteroatoms. The average molecular weight is 334 g/mol. The summed E-state index contributed by atoms with van der Waals surface area (Å²) in [4.78, 5) is 11.1. The van der Waals surface area contributed by atoms with Crippen LogP contribution in [-0.4, -0.2) is 45.7 Å². The van der Waals surface area contributed by atoms with Crippen LogP contribution in [-0.2, 0) is 0 Å². The predicted octanol–water partition coefficient (Wildman–Crippen LogP) is 2.91. The number of rotatable bonds is 5. The highest BCUT2D eigenvalue weighted by Crippen LogP contribution is 2.30. The van der Waals surface area contributed by atoms with Crippen LogP contribution in [0.2, 0.25) is 0 Å². The molecular weight excluding hydrogens is 312 g/mol. The van der Waals surface area contributed by atoms with Crippen LogP contribution in [0.15, 0.2) is 22.9 Å². The molecule has 0 aliphatic carbocycles. The van der Waals surface area contributed by atoms with E-state index in [2.05, 4.69) is 26.9 Å². The third-order valence-corrected chi connectivity index (χ3v) is 5.20. The fourth-order valence-corrected chi connectivity index (χ4v) is 3.45. The summed E-state index contributed by atoms with van der Waals surface area (Å²) < 4.78 is 5.41. The van der Waals surface area contributed by atoms with Crippen molar-refractivity contribution in [1.29, 1.82) is 0 Å². The molecular formula is C16H22N4O2S. The Labute approximate surface area is 140 Å². The summed E-state index contributed by atoms with van der Waals surface area (Å²) in [6.07, 6.45) is 6.31. The van der Waals surface area contributed by atoms with Gasteiger partial charge in [-0.25, -0.2) is 4.98 Å². The van der Waals surface area contributed by atoms with E-state index in [0.717, 1.165) is 37.2 Å². The van der Waals surface area contributed by atoms with Gasteiger partial charge in [0.05, 0.1) is 11.4 Å². The first-order chi connectivity index (χ1) is 11.2. The predicted molar refractivity (Wildman–Crippen MR) is 91.5 cm³/mol. The Balaban J connectivity index is 1.82. The second-order valence-electron chi connectivity index (χ2n) is 5.73. The van der Waals surface area contributed by atoms with E-state index < -0.39 is 0 Å². The van der Waals surface area contributed by atoms with Crippen molar-refractivity contribution in [1.82, 2.24) is 15.1 Å². The normalized spacial score (nSPS) is 19.8. The van der Waals surface area contributed by atoms with Crippen molar-refractivity contribution >= 4 is 17.6 Å². The molecule has 2 unspecified atom stereocenters. The fourth-order valence-electron chi connectivity index (χ4n) is 2.82. The highest BCUT2D eigenvalue weighted by molar-refractivity contribution is 7.98. The molecule has 23 heavy (non-hydrogen) atoms. The van der Waals surface area contributed by atoms with Gasteiger partial charge in [-0.3, -0.25) is 0 Å². The van der Waals surface area contributed by atoms with Gasteiger partial charge in [0.1, 0.15) is 5.82 Å². The molecule has 1 saturated heterocycles. The van der Waals surface area contributed by atoms with Crippen molar-refractivity contribution in [2.75, 3.05) is 24.2 Å². The Hall–Kier alpha value is -1.60. The van der Waals surface area contributed by atoms with E-state index in [-0.39, 0.29) is 11.4 Å². The lowest BCUT2D eigenvalue weighted by Crippen LogP contribution is -2.38. The number of hydrogen-bond donors (Lipinski definition) is 1. The quantitative estimate of drug-likeness (QED) is 0.901.